The lowest BCUT2D eigenvalue weighted by atomic mass is 10.0. The van der Waals surface area contributed by atoms with Crippen LogP contribution in [0.3, 0.4) is 0 Å². The van der Waals surface area contributed by atoms with Crippen LogP contribution in [0.4, 0.5) is 0 Å². The molecule has 4 aromatic rings. The number of rotatable bonds is 8. The molecule has 0 radical (unpaired) electrons. The first-order chi connectivity index (χ1) is 15.8. The Kier molecular flexibility index (Phi) is 6.27. The lowest BCUT2D eigenvalue weighted by molar-refractivity contribution is 0.0923. The van der Waals surface area contributed by atoms with E-state index >= 15 is 0 Å². The molecule has 0 aliphatic rings. The molecule has 0 saturated heterocycles. The van der Waals surface area contributed by atoms with E-state index in [9.17, 15) is 9.59 Å². The second kappa shape index (κ2) is 9.14. The Labute approximate surface area is 192 Å². The van der Waals surface area contributed by atoms with Gasteiger partial charge in [0.25, 0.3) is 0 Å². The highest BCUT2D eigenvalue weighted by atomic mass is 16.5. The van der Waals surface area contributed by atoms with Crippen LogP contribution in [0.15, 0.2) is 45.6 Å². The SMILES string of the molecule is CCCCc1cc(=O)oc2cc(C)cc(OCC(=O)c3c(C)n(C)c4ccc(OC)cc34)c12. The van der Waals surface area contributed by atoms with Gasteiger partial charge < -0.3 is 18.5 Å². The molecule has 0 spiro atoms. The minimum absolute atomic E-state index is 0.117. The van der Waals surface area contributed by atoms with E-state index in [1.807, 2.05) is 55.8 Å². The second-order valence-electron chi connectivity index (χ2n) is 8.44. The number of nitrogens with zero attached hydrogens (tertiary/aromatic N) is 1. The lowest BCUT2D eigenvalue weighted by Gasteiger charge is -2.13. The van der Waals surface area contributed by atoms with Gasteiger partial charge in [0, 0.05) is 35.3 Å². The minimum atomic E-state index is -0.374. The van der Waals surface area contributed by atoms with Crippen molar-refractivity contribution in [1.29, 1.82) is 0 Å². The molecule has 6 nitrogen and oxygen atoms in total. The van der Waals surface area contributed by atoms with E-state index in [4.69, 9.17) is 13.9 Å². The monoisotopic (exact) mass is 447 g/mol. The number of fused-ring (bicyclic) bond motifs is 2. The molecule has 0 saturated carbocycles. The number of carbonyl (C=O) groups is 1. The van der Waals surface area contributed by atoms with Crippen LogP contribution in [0, 0.1) is 13.8 Å². The first-order valence-electron chi connectivity index (χ1n) is 11.2. The van der Waals surface area contributed by atoms with Gasteiger partial charge in [-0.2, -0.15) is 0 Å². The van der Waals surface area contributed by atoms with Crippen LogP contribution in [0.1, 0.15) is 46.9 Å². The van der Waals surface area contributed by atoms with Gasteiger partial charge >= 0.3 is 5.63 Å². The number of aryl methyl sites for hydroxylation is 3. The molecule has 6 heteroatoms. The zero-order valence-corrected chi connectivity index (χ0v) is 19.8. The van der Waals surface area contributed by atoms with Crippen molar-refractivity contribution in [2.45, 2.75) is 40.0 Å². The van der Waals surface area contributed by atoms with E-state index < -0.39 is 0 Å². The molecule has 0 bridgehead atoms. The average molecular weight is 448 g/mol. The molecule has 0 N–H and O–H groups in total. The molecule has 0 atom stereocenters. The number of methoxy groups -OCH3 is 1. The molecule has 2 aromatic heterocycles. The number of benzene rings is 2. The molecule has 0 unspecified atom stereocenters. The summed E-state index contributed by atoms with van der Waals surface area (Å²) >= 11 is 0. The summed E-state index contributed by atoms with van der Waals surface area (Å²) < 4.78 is 18.9. The van der Waals surface area contributed by atoms with Crippen LogP contribution in [0.2, 0.25) is 0 Å². The Morgan fingerprint density at radius 3 is 2.64 bits per heavy atom. The summed E-state index contributed by atoms with van der Waals surface area (Å²) in [6.07, 6.45) is 2.70. The average Bonchev–Trinajstić information content (AvgIpc) is 3.04. The number of hydrogen-bond donors (Lipinski definition) is 0. The van der Waals surface area contributed by atoms with Gasteiger partial charge in [-0.25, -0.2) is 4.79 Å². The number of carbonyl (C=O) groups excluding carboxylic acids is 1. The van der Waals surface area contributed by atoms with Crippen LogP contribution in [-0.2, 0) is 13.5 Å². The Morgan fingerprint density at radius 1 is 1.12 bits per heavy atom. The Bertz CT molecular complexity index is 1410. The van der Waals surface area contributed by atoms with Gasteiger partial charge in [0.2, 0.25) is 5.78 Å². The molecular formula is C27H29NO5. The van der Waals surface area contributed by atoms with E-state index in [2.05, 4.69) is 6.92 Å². The second-order valence-corrected chi connectivity index (χ2v) is 8.44. The normalized spacial score (nSPS) is 11.3. The maximum atomic E-state index is 13.3. The van der Waals surface area contributed by atoms with Gasteiger partial charge in [0.05, 0.1) is 12.5 Å². The molecule has 4 rings (SSSR count). The first kappa shape index (κ1) is 22.6. The zero-order chi connectivity index (χ0) is 23.7. The van der Waals surface area contributed by atoms with Gasteiger partial charge in [-0.3, -0.25) is 4.79 Å². The van der Waals surface area contributed by atoms with Crippen molar-refractivity contribution in [3.05, 3.63) is 69.2 Å². The number of Topliss-reactive ketones (excluding diaryl/α,β-unsaturated/α-hetero) is 1. The topological polar surface area (TPSA) is 70.7 Å². The quantitative estimate of drug-likeness (QED) is 0.263. The van der Waals surface area contributed by atoms with E-state index in [0.717, 1.165) is 52.4 Å². The highest BCUT2D eigenvalue weighted by Crippen LogP contribution is 2.32. The van der Waals surface area contributed by atoms with Crippen molar-refractivity contribution >= 4 is 27.7 Å². The van der Waals surface area contributed by atoms with Crippen molar-refractivity contribution < 1.29 is 18.7 Å². The van der Waals surface area contributed by atoms with Crippen molar-refractivity contribution in [2.75, 3.05) is 13.7 Å². The molecule has 172 valence electrons. The van der Waals surface area contributed by atoms with Gasteiger partial charge in [-0.05, 0) is 68.1 Å². The predicted molar refractivity (Wildman–Crippen MR) is 130 cm³/mol. The number of hydrogen-bond acceptors (Lipinski definition) is 5. The van der Waals surface area contributed by atoms with Crippen molar-refractivity contribution in [1.82, 2.24) is 4.57 Å². The van der Waals surface area contributed by atoms with Crippen LogP contribution in [0.5, 0.6) is 11.5 Å². The first-order valence-corrected chi connectivity index (χ1v) is 11.2. The Balaban J connectivity index is 1.73. The molecule has 0 aliphatic heterocycles. The minimum Gasteiger partial charge on any atom is -0.497 e. The smallest absolute Gasteiger partial charge is 0.336 e. The fourth-order valence-electron chi connectivity index (χ4n) is 4.39. The number of unbranched alkanes of at least 4 members (excludes halogenated alkanes) is 1. The molecule has 0 amide bonds. The van der Waals surface area contributed by atoms with E-state index in [-0.39, 0.29) is 18.0 Å². The van der Waals surface area contributed by atoms with Crippen LogP contribution < -0.4 is 15.1 Å². The highest BCUT2D eigenvalue weighted by molar-refractivity contribution is 6.10. The zero-order valence-electron chi connectivity index (χ0n) is 19.8. The molecule has 0 fully saturated rings. The van der Waals surface area contributed by atoms with Gasteiger partial charge in [0.15, 0.2) is 6.61 Å². The fourth-order valence-corrected chi connectivity index (χ4v) is 4.39. The number of ether oxygens (including phenoxy) is 2. The van der Waals surface area contributed by atoms with Crippen LogP contribution in [0.25, 0.3) is 21.9 Å². The lowest BCUT2D eigenvalue weighted by Crippen LogP contribution is -2.13. The van der Waals surface area contributed by atoms with E-state index in [0.29, 0.717) is 22.6 Å². The van der Waals surface area contributed by atoms with Crippen LogP contribution >= 0.6 is 0 Å². The van der Waals surface area contributed by atoms with Gasteiger partial charge in [-0.1, -0.05) is 13.3 Å². The van der Waals surface area contributed by atoms with Crippen LogP contribution in [-0.4, -0.2) is 24.1 Å². The molecule has 2 heterocycles. The standard InChI is InChI=1S/C27H29NO5/c1-6-7-8-18-13-25(30)33-24-12-16(2)11-23(27(18)24)32-15-22(29)26-17(3)28(4)21-10-9-19(31-5)14-20(21)26/h9-14H,6-8,15H2,1-5H3. The van der Waals surface area contributed by atoms with E-state index in [1.165, 1.54) is 6.07 Å². The van der Waals surface area contributed by atoms with Gasteiger partial charge in [0.1, 0.15) is 17.1 Å². The van der Waals surface area contributed by atoms with Crippen molar-refractivity contribution in [2.24, 2.45) is 7.05 Å². The largest absolute Gasteiger partial charge is 0.497 e. The third-order valence-corrected chi connectivity index (χ3v) is 6.17. The summed E-state index contributed by atoms with van der Waals surface area (Å²) in [5, 5.41) is 1.60. The Morgan fingerprint density at radius 2 is 1.91 bits per heavy atom. The van der Waals surface area contributed by atoms with Gasteiger partial charge in [-0.15, -0.1) is 0 Å². The summed E-state index contributed by atoms with van der Waals surface area (Å²) in [4.78, 5) is 25.4. The summed E-state index contributed by atoms with van der Waals surface area (Å²) in [5.74, 6) is 1.14. The molecule has 33 heavy (non-hydrogen) atoms. The summed E-state index contributed by atoms with van der Waals surface area (Å²) in [6.45, 7) is 5.82. The van der Waals surface area contributed by atoms with Crippen molar-refractivity contribution in [3.63, 3.8) is 0 Å². The molecular weight excluding hydrogens is 418 g/mol. The molecule has 2 aromatic carbocycles. The maximum Gasteiger partial charge on any atom is 0.336 e. The number of ketones is 1. The highest BCUT2D eigenvalue weighted by Gasteiger charge is 2.21. The van der Waals surface area contributed by atoms with E-state index in [1.54, 1.807) is 7.11 Å². The predicted octanol–water partition coefficient (Wildman–Crippen LogP) is 5.51. The summed E-state index contributed by atoms with van der Waals surface area (Å²) in [6, 6.07) is 11.0. The number of aromatic nitrogens is 1. The Hall–Kier alpha value is -3.54. The third-order valence-electron chi connectivity index (χ3n) is 6.17. The summed E-state index contributed by atoms with van der Waals surface area (Å²) in [7, 11) is 3.55. The van der Waals surface area contributed by atoms with Crippen molar-refractivity contribution in [3.8, 4) is 11.5 Å². The third kappa shape index (κ3) is 4.25. The fraction of sp³-hybridized carbons (Fsp3) is 0.333. The maximum absolute atomic E-state index is 13.3. The summed E-state index contributed by atoms with van der Waals surface area (Å²) in [5.41, 5.74) is 4.35. The molecule has 0 aliphatic carbocycles.